The summed E-state index contributed by atoms with van der Waals surface area (Å²) in [6, 6.07) is 6.21. The zero-order chi connectivity index (χ0) is 25.0. The summed E-state index contributed by atoms with van der Waals surface area (Å²) in [7, 11) is -3.88. The Kier molecular flexibility index (Phi) is 8.03. The zero-order valence-electron chi connectivity index (χ0n) is 20.3. The van der Waals surface area contributed by atoms with Crippen molar-refractivity contribution in [2.24, 2.45) is 5.92 Å². The Labute approximate surface area is 206 Å². The van der Waals surface area contributed by atoms with E-state index >= 15 is 0 Å². The van der Waals surface area contributed by atoms with Crippen molar-refractivity contribution in [3.05, 3.63) is 47.1 Å². The monoisotopic (exact) mass is 504 g/mol. The molecule has 2 aliphatic rings. The van der Waals surface area contributed by atoms with Crippen LogP contribution in [0.4, 0.5) is 4.39 Å². The molecule has 3 heterocycles. The average molecular weight is 505 g/mol. The van der Waals surface area contributed by atoms with E-state index in [1.54, 1.807) is 25.1 Å². The quantitative estimate of drug-likeness (QED) is 0.575. The minimum absolute atomic E-state index is 0.0121. The molecule has 2 saturated heterocycles. The summed E-state index contributed by atoms with van der Waals surface area (Å²) < 4.78 is 47.5. The second-order valence-electron chi connectivity index (χ2n) is 9.16. The lowest BCUT2D eigenvalue weighted by molar-refractivity contribution is -0.138. The fourth-order valence-electron chi connectivity index (χ4n) is 4.81. The van der Waals surface area contributed by atoms with E-state index < -0.39 is 15.8 Å². The van der Waals surface area contributed by atoms with Gasteiger partial charge in [-0.3, -0.25) is 9.69 Å². The molecule has 0 N–H and O–H groups in total. The van der Waals surface area contributed by atoms with Crippen LogP contribution in [0.2, 0.25) is 0 Å². The number of hydrogen-bond donors (Lipinski definition) is 0. The number of piperidine rings is 1. The maximum absolute atomic E-state index is 14.0. The lowest BCUT2D eigenvalue weighted by atomic mass is 9.96. The molecular formula is C25H33FN4O4S. The van der Waals surface area contributed by atoms with Gasteiger partial charge in [-0.05, 0) is 50.9 Å². The molecule has 0 atom stereocenters. The summed E-state index contributed by atoms with van der Waals surface area (Å²) in [6.45, 7) is 8.55. The Morgan fingerprint density at radius 3 is 2.46 bits per heavy atom. The van der Waals surface area contributed by atoms with Crippen LogP contribution in [0.5, 0.6) is 0 Å². The Hall–Kier alpha value is -2.56. The molecular weight excluding hydrogens is 471 g/mol. The number of aryl methyl sites for hydroxylation is 1. The van der Waals surface area contributed by atoms with Crippen molar-refractivity contribution in [1.29, 1.82) is 0 Å². The topological polar surface area (TPSA) is 87.0 Å². The molecule has 2 aliphatic heterocycles. The van der Waals surface area contributed by atoms with E-state index in [0.717, 1.165) is 39.1 Å². The van der Waals surface area contributed by atoms with Crippen molar-refractivity contribution < 1.29 is 22.1 Å². The minimum atomic E-state index is -3.88. The van der Waals surface area contributed by atoms with Crippen molar-refractivity contribution in [1.82, 2.24) is 19.3 Å². The number of halogens is 1. The maximum Gasteiger partial charge on any atom is 0.248 e. The van der Waals surface area contributed by atoms with Gasteiger partial charge in [0.2, 0.25) is 15.9 Å². The molecule has 2 aromatic rings. The number of amides is 1. The standard InChI is InChI=1S/C25H33FN4O4S/c1-3-12-28-15-17-29(18-16-28)25(31)21-10-13-30(14-11-21)35(32,33)24-19(2)27-34-23(24)9-8-20-6-4-5-7-22(20)26/h4-9,21H,3,10-18H2,1-2H3. The van der Waals surface area contributed by atoms with E-state index in [9.17, 15) is 17.6 Å². The predicted octanol–water partition coefficient (Wildman–Crippen LogP) is 3.25. The number of rotatable bonds is 7. The third kappa shape index (κ3) is 5.65. The van der Waals surface area contributed by atoms with Gasteiger partial charge in [-0.25, -0.2) is 12.8 Å². The van der Waals surface area contributed by atoms with E-state index in [4.69, 9.17) is 4.52 Å². The van der Waals surface area contributed by atoms with Gasteiger partial charge in [0.05, 0.1) is 0 Å². The van der Waals surface area contributed by atoms with Gasteiger partial charge in [0.15, 0.2) is 10.7 Å². The number of nitrogens with zero attached hydrogens (tertiary/aromatic N) is 4. The summed E-state index contributed by atoms with van der Waals surface area (Å²) in [5, 5.41) is 3.85. The van der Waals surface area contributed by atoms with Crippen molar-refractivity contribution in [2.75, 3.05) is 45.8 Å². The molecule has 4 rings (SSSR count). The smallest absolute Gasteiger partial charge is 0.248 e. The highest BCUT2D eigenvalue weighted by Gasteiger charge is 2.37. The zero-order valence-corrected chi connectivity index (χ0v) is 21.1. The van der Waals surface area contributed by atoms with Gasteiger partial charge in [0, 0.05) is 50.7 Å². The molecule has 1 aromatic carbocycles. The van der Waals surface area contributed by atoms with Crippen LogP contribution in [-0.2, 0) is 14.8 Å². The molecule has 0 spiro atoms. The first kappa shape index (κ1) is 25.5. The largest absolute Gasteiger partial charge is 0.355 e. The number of sulfonamides is 1. The molecule has 0 unspecified atom stereocenters. The number of carbonyl (C=O) groups is 1. The van der Waals surface area contributed by atoms with Crippen molar-refractivity contribution >= 4 is 28.1 Å². The minimum Gasteiger partial charge on any atom is -0.355 e. The van der Waals surface area contributed by atoms with E-state index in [-0.39, 0.29) is 41.3 Å². The summed E-state index contributed by atoms with van der Waals surface area (Å²) in [5.74, 6) is -0.382. The second-order valence-corrected chi connectivity index (χ2v) is 11.0. The second kappa shape index (κ2) is 11.0. The Morgan fingerprint density at radius 1 is 1.11 bits per heavy atom. The van der Waals surface area contributed by atoms with Crippen molar-refractivity contribution in [3.8, 4) is 0 Å². The fourth-order valence-corrected chi connectivity index (χ4v) is 6.53. The molecule has 190 valence electrons. The molecule has 1 amide bonds. The van der Waals surface area contributed by atoms with Gasteiger partial charge >= 0.3 is 0 Å². The van der Waals surface area contributed by atoms with Gasteiger partial charge < -0.3 is 9.42 Å². The number of hydrogen-bond acceptors (Lipinski definition) is 6. The summed E-state index contributed by atoms with van der Waals surface area (Å²) in [4.78, 5) is 17.3. The number of benzene rings is 1. The first-order chi connectivity index (χ1) is 16.8. The van der Waals surface area contributed by atoms with Crippen LogP contribution >= 0.6 is 0 Å². The van der Waals surface area contributed by atoms with Gasteiger partial charge in [-0.15, -0.1) is 0 Å². The van der Waals surface area contributed by atoms with Gasteiger partial charge in [0.1, 0.15) is 11.5 Å². The Balaban J connectivity index is 1.41. The molecule has 8 nitrogen and oxygen atoms in total. The van der Waals surface area contributed by atoms with Crippen LogP contribution in [0.25, 0.3) is 12.2 Å². The maximum atomic E-state index is 14.0. The third-order valence-electron chi connectivity index (χ3n) is 6.78. The number of carbonyl (C=O) groups excluding carboxylic acids is 1. The molecule has 2 fully saturated rings. The van der Waals surface area contributed by atoms with Crippen LogP contribution < -0.4 is 0 Å². The van der Waals surface area contributed by atoms with Crippen molar-refractivity contribution in [3.63, 3.8) is 0 Å². The molecule has 0 radical (unpaired) electrons. The average Bonchev–Trinajstić information content (AvgIpc) is 3.25. The SMILES string of the molecule is CCCN1CCN(C(=O)C2CCN(S(=O)(=O)c3c(C)noc3C=Cc3ccccc3F)CC2)CC1. The highest BCUT2D eigenvalue weighted by atomic mass is 32.2. The molecule has 0 saturated carbocycles. The highest BCUT2D eigenvalue weighted by molar-refractivity contribution is 7.89. The first-order valence-electron chi connectivity index (χ1n) is 12.2. The van der Waals surface area contributed by atoms with E-state index in [2.05, 4.69) is 17.0 Å². The lowest BCUT2D eigenvalue weighted by Gasteiger charge is -2.38. The van der Waals surface area contributed by atoms with Crippen molar-refractivity contribution in [2.45, 2.75) is 38.0 Å². The molecule has 0 aliphatic carbocycles. The fraction of sp³-hybridized carbons (Fsp3) is 0.520. The lowest BCUT2D eigenvalue weighted by Crippen LogP contribution is -2.52. The van der Waals surface area contributed by atoms with Crippen LogP contribution in [-0.4, -0.2) is 79.4 Å². The van der Waals surface area contributed by atoms with Crippen LogP contribution in [0, 0.1) is 18.7 Å². The third-order valence-corrected chi connectivity index (χ3v) is 8.84. The van der Waals surface area contributed by atoms with Gasteiger partial charge in [-0.1, -0.05) is 30.3 Å². The van der Waals surface area contributed by atoms with Crippen LogP contribution in [0.3, 0.4) is 0 Å². The predicted molar refractivity (Wildman–Crippen MR) is 131 cm³/mol. The molecule has 10 heteroatoms. The molecule has 0 bridgehead atoms. The Bertz CT molecular complexity index is 1160. The highest BCUT2D eigenvalue weighted by Crippen LogP contribution is 2.30. The summed E-state index contributed by atoms with van der Waals surface area (Å²) in [5.41, 5.74) is 0.570. The van der Waals surface area contributed by atoms with Crippen LogP contribution in [0.1, 0.15) is 43.2 Å². The Morgan fingerprint density at radius 2 is 1.80 bits per heavy atom. The van der Waals surface area contributed by atoms with E-state index in [0.29, 0.717) is 18.4 Å². The first-order valence-corrected chi connectivity index (χ1v) is 13.7. The molecule has 35 heavy (non-hydrogen) atoms. The number of piperazine rings is 1. The van der Waals surface area contributed by atoms with Crippen LogP contribution in [0.15, 0.2) is 33.7 Å². The molecule has 1 aromatic heterocycles. The van der Waals surface area contributed by atoms with E-state index in [1.165, 1.54) is 22.5 Å². The summed E-state index contributed by atoms with van der Waals surface area (Å²) >= 11 is 0. The normalized spacial score (nSPS) is 19.0. The van der Waals surface area contributed by atoms with E-state index in [1.807, 2.05) is 4.90 Å². The number of aromatic nitrogens is 1. The van der Waals surface area contributed by atoms with Gasteiger partial charge in [-0.2, -0.15) is 4.31 Å². The van der Waals surface area contributed by atoms with Gasteiger partial charge in [0.25, 0.3) is 0 Å². The summed E-state index contributed by atoms with van der Waals surface area (Å²) in [6.07, 6.45) is 4.97.